The lowest BCUT2D eigenvalue weighted by Crippen LogP contribution is -2.45. The Morgan fingerprint density at radius 1 is 1.13 bits per heavy atom. The molecule has 1 unspecified atom stereocenters. The molecule has 1 aliphatic heterocycles. The smallest absolute Gasteiger partial charge is 0.323 e. The summed E-state index contributed by atoms with van der Waals surface area (Å²) in [7, 11) is 0. The third-order valence-electron chi connectivity index (χ3n) is 4.41. The molecular weight excluding hydrogens is 286 g/mol. The lowest BCUT2D eigenvalue weighted by Gasteiger charge is -2.35. The molecule has 1 atom stereocenters. The number of carbonyl (C=O) groups is 1. The number of fused-ring (bicyclic) bond motifs is 1. The Hall–Kier alpha value is -2.13. The molecule has 3 rings (SSSR count). The summed E-state index contributed by atoms with van der Waals surface area (Å²) in [6.07, 6.45) is 0.723. The number of rotatable bonds is 4. The van der Waals surface area contributed by atoms with Crippen molar-refractivity contribution in [2.75, 3.05) is 6.61 Å². The Kier molecular flexibility index (Phi) is 4.77. The van der Waals surface area contributed by atoms with E-state index >= 15 is 0 Å². The van der Waals surface area contributed by atoms with Gasteiger partial charge >= 0.3 is 5.97 Å². The van der Waals surface area contributed by atoms with Crippen LogP contribution in [0.2, 0.25) is 0 Å². The maximum absolute atomic E-state index is 12.4. The number of aryl methyl sites for hydroxylation is 1. The Balaban J connectivity index is 1.85. The summed E-state index contributed by atoms with van der Waals surface area (Å²) >= 11 is 0. The van der Waals surface area contributed by atoms with Gasteiger partial charge in [0.25, 0.3) is 0 Å². The molecule has 0 radical (unpaired) electrons. The maximum atomic E-state index is 12.4. The zero-order chi connectivity index (χ0) is 16.2. The predicted octanol–water partition coefficient (Wildman–Crippen LogP) is 3.49. The van der Waals surface area contributed by atoms with Crippen LogP contribution in [0.1, 0.15) is 29.2 Å². The number of hydrogen-bond donors (Lipinski definition) is 0. The molecule has 0 amide bonds. The van der Waals surface area contributed by atoms with Crippen molar-refractivity contribution in [3.05, 3.63) is 70.8 Å². The van der Waals surface area contributed by atoms with Gasteiger partial charge in [-0.1, -0.05) is 54.1 Å². The molecule has 1 heterocycles. The van der Waals surface area contributed by atoms with Gasteiger partial charge in [-0.3, -0.25) is 9.69 Å². The summed E-state index contributed by atoms with van der Waals surface area (Å²) in [6, 6.07) is 16.7. The second kappa shape index (κ2) is 6.97. The fourth-order valence-electron chi connectivity index (χ4n) is 3.14. The average molecular weight is 309 g/mol. The first kappa shape index (κ1) is 15.8. The lowest BCUT2D eigenvalue weighted by molar-refractivity contribution is -0.150. The van der Waals surface area contributed by atoms with E-state index in [1.807, 2.05) is 13.0 Å². The summed E-state index contributed by atoms with van der Waals surface area (Å²) in [5.74, 6) is -0.117. The van der Waals surface area contributed by atoms with Crippen molar-refractivity contribution in [1.29, 1.82) is 0 Å². The number of hydrogen-bond acceptors (Lipinski definition) is 3. The van der Waals surface area contributed by atoms with Gasteiger partial charge in [0.1, 0.15) is 6.04 Å². The van der Waals surface area contributed by atoms with E-state index in [-0.39, 0.29) is 12.0 Å². The molecule has 23 heavy (non-hydrogen) atoms. The molecule has 3 heteroatoms. The van der Waals surface area contributed by atoms with Gasteiger partial charge in [-0.2, -0.15) is 0 Å². The van der Waals surface area contributed by atoms with E-state index in [9.17, 15) is 4.79 Å². The Labute approximate surface area is 137 Å². The number of carbonyl (C=O) groups excluding carboxylic acids is 1. The van der Waals surface area contributed by atoms with Crippen LogP contribution in [0.4, 0.5) is 0 Å². The van der Waals surface area contributed by atoms with E-state index in [1.54, 1.807) is 0 Å². The van der Waals surface area contributed by atoms with Gasteiger partial charge < -0.3 is 4.74 Å². The molecular formula is C20H23NO2. The van der Waals surface area contributed by atoms with Gasteiger partial charge in [0.15, 0.2) is 0 Å². The highest BCUT2D eigenvalue weighted by atomic mass is 16.5. The number of benzene rings is 2. The molecule has 3 nitrogen and oxygen atoms in total. The van der Waals surface area contributed by atoms with Gasteiger partial charge in [0, 0.05) is 13.1 Å². The highest BCUT2D eigenvalue weighted by molar-refractivity contribution is 5.76. The second-order valence-electron chi connectivity index (χ2n) is 6.13. The minimum Gasteiger partial charge on any atom is -0.465 e. The van der Waals surface area contributed by atoms with Gasteiger partial charge in [-0.05, 0) is 37.0 Å². The van der Waals surface area contributed by atoms with Crippen LogP contribution in [0.5, 0.6) is 0 Å². The minimum atomic E-state index is -0.203. The largest absolute Gasteiger partial charge is 0.465 e. The van der Waals surface area contributed by atoms with Crippen LogP contribution in [0.3, 0.4) is 0 Å². The highest BCUT2D eigenvalue weighted by Crippen LogP contribution is 2.25. The highest BCUT2D eigenvalue weighted by Gasteiger charge is 2.32. The summed E-state index contributed by atoms with van der Waals surface area (Å²) in [5, 5.41) is 0. The Bertz CT molecular complexity index is 678. The predicted molar refractivity (Wildman–Crippen MR) is 91.0 cm³/mol. The molecule has 0 N–H and O–H groups in total. The maximum Gasteiger partial charge on any atom is 0.323 e. The third-order valence-corrected chi connectivity index (χ3v) is 4.41. The zero-order valence-corrected chi connectivity index (χ0v) is 13.8. The quantitative estimate of drug-likeness (QED) is 0.810. The minimum absolute atomic E-state index is 0.117. The topological polar surface area (TPSA) is 29.5 Å². The van der Waals surface area contributed by atoms with E-state index in [0.29, 0.717) is 6.61 Å². The van der Waals surface area contributed by atoms with Crippen LogP contribution >= 0.6 is 0 Å². The summed E-state index contributed by atoms with van der Waals surface area (Å²) in [4.78, 5) is 14.6. The molecule has 0 saturated carbocycles. The van der Waals surface area contributed by atoms with Gasteiger partial charge in [0.2, 0.25) is 0 Å². The van der Waals surface area contributed by atoms with E-state index in [4.69, 9.17) is 4.74 Å². The van der Waals surface area contributed by atoms with Crippen LogP contribution in [-0.2, 0) is 29.0 Å². The van der Waals surface area contributed by atoms with Crippen molar-refractivity contribution in [2.45, 2.75) is 39.4 Å². The van der Waals surface area contributed by atoms with Crippen molar-refractivity contribution in [2.24, 2.45) is 0 Å². The summed E-state index contributed by atoms with van der Waals surface area (Å²) in [6.45, 7) is 5.92. The molecule has 0 fully saturated rings. The first-order valence-corrected chi connectivity index (χ1v) is 8.20. The number of ether oxygens (including phenoxy) is 1. The van der Waals surface area contributed by atoms with Gasteiger partial charge in [-0.25, -0.2) is 0 Å². The summed E-state index contributed by atoms with van der Waals surface area (Å²) < 4.78 is 5.30. The van der Waals surface area contributed by atoms with Gasteiger partial charge in [0.05, 0.1) is 6.61 Å². The van der Waals surface area contributed by atoms with E-state index in [2.05, 4.69) is 54.3 Å². The third kappa shape index (κ3) is 3.62. The summed E-state index contributed by atoms with van der Waals surface area (Å²) in [5.41, 5.74) is 5.04. The lowest BCUT2D eigenvalue weighted by atomic mass is 9.93. The Morgan fingerprint density at radius 3 is 2.52 bits per heavy atom. The molecule has 0 aromatic heterocycles. The second-order valence-corrected chi connectivity index (χ2v) is 6.13. The fraction of sp³-hybridized carbons (Fsp3) is 0.350. The Morgan fingerprint density at radius 2 is 1.83 bits per heavy atom. The van der Waals surface area contributed by atoms with E-state index in [0.717, 1.165) is 19.5 Å². The first-order valence-electron chi connectivity index (χ1n) is 8.20. The first-order chi connectivity index (χ1) is 11.2. The van der Waals surface area contributed by atoms with Crippen molar-refractivity contribution in [3.63, 3.8) is 0 Å². The number of esters is 1. The van der Waals surface area contributed by atoms with Crippen LogP contribution < -0.4 is 0 Å². The molecule has 0 aliphatic carbocycles. The standard InChI is InChI=1S/C20H23NO2/c1-3-23-20(22)19-12-17-6-4-5-7-18(17)14-21(19)13-16-10-8-15(2)9-11-16/h4-11,19H,3,12-14H2,1-2H3. The number of nitrogens with zero attached hydrogens (tertiary/aromatic N) is 1. The molecule has 2 aromatic rings. The molecule has 0 bridgehead atoms. The molecule has 1 aliphatic rings. The van der Waals surface area contributed by atoms with Crippen molar-refractivity contribution in [1.82, 2.24) is 4.90 Å². The molecule has 2 aromatic carbocycles. The SMILES string of the molecule is CCOC(=O)C1Cc2ccccc2CN1Cc1ccc(C)cc1. The van der Waals surface area contributed by atoms with Crippen LogP contribution in [-0.4, -0.2) is 23.5 Å². The fourth-order valence-corrected chi connectivity index (χ4v) is 3.14. The van der Waals surface area contributed by atoms with Crippen LogP contribution in [0.25, 0.3) is 0 Å². The molecule has 0 saturated heterocycles. The molecule has 120 valence electrons. The monoisotopic (exact) mass is 309 g/mol. The van der Waals surface area contributed by atoms with E-state index < -0.39 is 0 Å². The molecule has 0 spiro atoms. The van der Waals surface area contributed by atoms with Crippen LogP contribution in [0.15, 0.2) is 48.5 Å². The van der Waals surface area contributed by atoms with Crippen molar-refractivity contribution >= 4 is 5.97 Å². The van der Waals surface area contributed by atoms with Crippen molar-refractivity contribution in [3.8, 4) is 0 Å². The van der Waals surface area contributed by atoms with E-state index in [1.165, 1.54) is 22.3 Å². The van der Waals surface area contributed by atoms with Crippen LogP contribution in [0, 0.1) is 6.92 Å². The normalized spacial score (nSPS) is 17.6. The average Bonchev–Trinajstić information content (AvgIpc) is 2.56. The van der Waals surface area contributed by atoms with Gasteiger partial charge in [-0.15, -0.1) is 0 Å². The zero-order valence-electron chi connectivity index (χ0n) is 13.8. The van der Waals surface area contributed by atoms with Crippen molar-refractivity contribution < 1.29 is 9.53 Å².